The smallest absolute Gasteiger partial charge is 0.290 e. The first-order chi connectivity index (χ1) is 8.56. The van der Waals surface area contributed by atoms with Crippen LogP contribution in [0.3, 0.4) is 0 Å². The van der Waals surface area contributed by atoms with Crippen LogP contribution in [0, 0.1) is 16.0 Å². The standard InChI is InChI=1S/C13H21N3O2/c1-4-7-14-11(10(2)3)9-12-13(16(17)18)6-5-8-15-12/h5-6,8,10-11,14H,4,7,9H2,1-3H3. The van der Waals surface area contributed by atoms with Crippen molar-refractivity contribution in [1.29, 1.82) is 0 Å². The van der Waals surface area contributed by atoms with Gasteiger partial charge in [-0.25, -0.2) is 0 Å². The third kappa shape index (κ3) is 4.07. The maximum atomic E-state index is 10.9. The Balaban J connectivity index is 2.83. The van der Waals surface area contributed by atoms with E-state index in [1.165, 1.54) is 6.07 Å². The van der Waals surface area contributed by atoms with Crippen molar-refractivity contribution < 1.29 is 4.92 Å². The Hall–Kier alpha value is -1.49. The highest BCUT2D eigenvalue weighted by atomic mass is 16.6. The minimum Gasteiger partial charge on any atom is -0.313 e. The molecule has 1 rings (SSSR count). The minimum absolute atomic E-state index is 0.112. The van der Waals surface area contributed by atoms with Crippen molar-refractivity contribution in [3.63, 3.8) is 0 Å². The average molecular weight is 251 g/mol. The molecule has 0 saturated carbocycles. The molecule has 0 radical (unpaired) electrons. The van der Waals surface area contributed by atoms with E-state index in [0.717, 1.165) is 13.0 Å². The molecule has 0 amide bonds. The second-order valence-electron chi connectivity index (χ2n) is 4.74. The highest BCUT2D eigenvalue weighted by Crippen LogP contribution is 2.18. The van der Waals surface area contributed by atoms with Gasteiger partial charge in [0.1, 0.15) is 5.69 Å². The van der Waals surface area contributed by atoms with Gasteiger partial charge >= 0.3 is 0 Å². The summed E-state index contributed by atoms with van der Waals surface area (Å²) in [5.74, 6) is 0.415. The summed E-state index contributed by atoms with van der Waals surface area (Å²) in [6, 6.07) is 3.34. The van der Waals surface area contributed by atoms with E-state index in [1.54, 1.807) is 12.3 Å². The number of hydrogen-bond acceptors (Lipinski definition) is 4. The molecule has 5 heteroatoms. The molecule has 0 aliphatic rings. The Kier molecular flexibility index (Phi) is 5.71. The molecule has 5 nitrogen and oxygen atoms in total. The van der Waals surface area contributed by atoms with Gasteiger partial charge in [0.2, 0.25) is 0 Å². The first-order valence-electron chi connectivity index (χ1n) is 6.38. The molecule has 0 aromatic carbocycles. The SMILES string of the molecule is CCCNC(Cc1ncccc1[N+](=O)[O-])C(C)C. The molecular weight excluding hydrogens is 230 g/mol. The van der Waals surface area contributed by atoms with Crippen LogP contribution in [0.4, 0.5) is 5.69 Å². The normalized spacial score (nSPS) is 12.7. The zero-order chi connectivity index (χ0) is 13.5. The van der Waals surface area contributed by atoms with Crippen LogP contribution in [0.5, 0.6) is 0 Å². The van der Waals surface area contributed by atoms with Gasteiger partial charge in [-0.15, -0.1) is 0 Å². The summed E-state index contributed by atoms with van der Waals surface area (Å²) in [7, 11) is 0. The van der Waals surface area contributed by atoms with Crippen LogP contribution >= 0.6 is 0 Å². The Labute approximate surface area is 108 Å². The van der Waals surface area contributed by atoms with E-state index in [2.05, 4.69) is 31.1 Å². The molecule has 0 spiro atoms. The summed E-state index contributed by atoms with van der Waals surface area (Å²) in [5, 5.41) is 14.4. The predicted molar refractivity (Wildman–Crippen MR) is 71.5 cm³/mol. The fourth-order valence-electron chi connectivity index (χ4n) is 1.83. The maximum Gasteiger partial charge on any atom is 0.290 e. The number of pyridine rings is 1. The molecule has 18 heavy (non-hydrogen) atoms. The van der Waals surface area contributed by atoms with Gasteiger partial charge in [-0.05, 0) is 24.9 Å². The molecule has 100 valence electrons. The highest BCUT2D eigenvalue weighted by Gasteiger charge is 2.20. The Morgan fingerprint density at radius 3 is 2.78 bits per heavy atom. The van der Waals surface area contributed by atoms with Crippen LogP contribution in [0.15, 0.2) is 18.3 Å². The lowest BCUT2D eigenvalue weighted by Crippen LogP contribution is -2.36. The van der Waals surface area contributed by atoms with E-state index in [4.69, 9.17) is 0 Å². The molecule has 0 aliphatic heterocycles. The van der Waals surface area contributed by atoms with Gasteiger partial charge < -0.3 is 5.32 Å². The lowest BCUT2D eigenvalue weighted by molar-refractivity contribution is -0.386. The molecular formula is C13H21N3O2. The number of hydrogen-bond donors (Lipinski definition) is 1. The number of rotatable bonds is 7. The van der Waals surface area contributed by atoms with Crippen molar-refractivity contribution in [2.45, 2.75) is 39.7 Å². The highest BCUT2D eigenvalue weighted by molar-refractivity contribution is 5.34. The molecule has 1 aromatic heterocycles. The van der Waals surface area contributed by atoms with E-state index < -0.39 is 0 Å². The van der Waals surface area contributed by atoms with Gasteiger partial charge in [0.05, 0.1) is 4.92 Å². The molecule has 0 fully saturated rings. The molecule has 1 N–H and O–H groups in total. The fraction of sp³-hybridized carbons (Fsp3) is 0.615. The maximum absolute atomic E-state index is 10.9. The topological polar surface area (TPSA) is 68.1 Å². The van der Waals surface area contributed by atoms with Crippen molar-refractivity contribution in [3.05, 3.63) is 34.1 Å². The third-order valence-corrected chi connectivity index (χ3v) is 2.94. The molecule has 0 aliphatic carbocycles. The van der Waals surface area contributed by atoms with E-state index in [-0.39, 0.29) is 16.7 Å². The van der Waals surface area contributed by atoms with Crippen molar-refractivity contribution in [1.82, 2.24) is 10.3 Å². The van der Waals surface area contributed by atoms with Crippen LogP contribution in [-0.2, 0) is 6.42 Å². The van der Waals surface area contributed by atoms with E-state index in [9.17, 15) is 10.1 Å². The Morgan fingerprint density at radius 2 is 2.22 bits per heavy atom. The molecule has 0 bridgehead atoms. The van der Waals surface area contributed by atoms with Crippen molar-refractivity contribution in [2.24, 2.45) is 5.92 Å². The largest absolute Gasteiger partial charge is 0.313 e. The summed E-state index contributed by atoms with van der Waals surface area (Å²) in [4.78, 5) is 14.7. The van der Waals surface area contributed by atoms with Crippen molar-refractivity contribution in [3.8, 4) is 0 Å². The van der Waals surface area contributed by atoms with E-state index >= 15 is 0 Å². The number of nitro groups is 1. The molecule has 0 saturated heterocycles. The van der Waals surface area contributed by atoms with Crippen LogP contribution < -0.4 is 5.32 Å². The third-order valence-electron chi connectivity index (χ3n) is 2.94. The van der Waals surface area contributed by atoms with Crippen LogP contribution in [-0.4, -0.2) is 22.5 Å². The molecule has 1 heterocycles. The van der Waals surface area contributed by atoms with E-state index in [1.807, 2.05) is 0 Å². The first kappa shape index (κ1) is 14.6. The second-order valence-corrected chi connectivity index (χ2v) is 4.74. The number of nitrogens with one attached hydrogen (secondary N) is 1. The average Bonchev–Trinajstić information content (AvgIpc) is 2.34. The molecule has 1 atom stereocenters. The lowest BCUT2D eigenvalue weighted by Gasteiger charge is -2.21. The summed E-state index contributed by atoms with van der Waals surface area (Å²) < 4.78 is 0. The predicted octanol–water partition coefficient (Wildman–Crippen LogP) is 2.56. The molecule has 1 aromatic rings. The van der Waals surface area contributed by atoms with E-state index in [0.29, 0.717) is 18.0 Å². The quantitative estimate of drug-likeness (QED) is 0.597. The van der Waals surface area contributed by atoms with Gasteiger partial charge in [0.15, 0.2) is 0 Å². The van der Waals surface area contributed by atoms with Crippen LogP contribution in [0.2, 0.25) is 0 Å². The van der Waals surface area contributed by atoms with Gasteiger partial charge in [0, 0.05) is 24.7 Å². The fourth-order valence-corrected chi connectivity index (χ4v) is 1.83. The first-order valence-corrected chi connectivity index (χ1v) is 6.38. The van der Waals surface area contributed by atoms with Crippen molar-refractivity contribution in [2.75, 3.05) is 6.54 Å². The molecule has 1 unspecified atom stereocenters. The van der Waals surface area contributed by atoms with Gasteiger partial charge in [0.25, 0.3) is 5.69 Å². The van der Waals surface area contributed by atoms with Gasteiger partial charge in [-0.1, -0.05) is 20.8 Å². The monoisotopic (exact) mass is 251 g/mol. The summed E-state index contributed by atoms with van der Waals surface area (Å²) >= 11 is 0. The Bertz CT molecular complexity index is 394. The summed E-state index contributed by atoms with van der Waals surface area (Å²) in [6.45, 7) is 7.25. The van der Waals surface area contributed by atoms with Gasteiger partial charge in [-0.3, -0.25) is 15.1 Å². The minimum atomic E-state index is -0.362. The van der Waals surface area contributed by atoms with Crippen LogP contribution in [0.25, 0.3) is 0 Å². The summed E-state index contributed by atoms with van der Waals surface area (Å²) in [6.07, 6.45) is 3.25. The number of nitrogens with zero attached hydrogens (tertiary/aromatic N) is 2. The summed E-state index contributed by atoms with van der Waals surface area (Å²) in [5.41, 5.74) is 0.672. The Morgan fingerprint density at radius 1 is 1.50 bits per heavy atom. The second kappa shape index (κ2) is 7.06. The van der Waals surface area contributed by atoms with Crippen molar-refractivity contribution >= 4 is 5.69 Å². The van der Waals surface area contributed by atoms with Gasteiger partial charge in [-0.2, -0.15) is 0 Å². The zero-order valence-electron chi connectivity index (χ0n) is 11.2. The lowest BCUT2D eigenvalue weighted by atomic mass is 9.98. The van der Waals surface area contributed by atoms with Crippen LogP contribution in [0.1, 0.15) is 32.9 Å². The zero-order valence-corrected chi connectivity index (χ0v) is 11.2. The number of aromatic nitrogens is 1.